The van der Waals surface area contributed by atoms with Crippen molar-refractivity contribution < 1.29 is 27.8 Å². The van der Waals surface area contributed by atoms with Crippen molar-refractivity contribution in [3.8, 4) is 28.8 Å². The van der Waals surface area contributed by atoms with Gasteiger partial charge in [-0.3, -0.25) is 4.57 Å². The summed E-state index contributed by atoms with van der Waals surface area (Å²) in [6, 6.07) is 5.22. The van der Waals surface area contributed by atoms with Crippen LogP contribution >= 0.6 is 0 Å². The minimum atomic E-state index is -4.40. The fraction of sp³-hybridized carbons (Fsp3) is 0.360. The lowest BCUT2D eigenvalue weighted by Crippen LogP contribution is -2.26. The summed E-state index contributed by atoms with van der Waals surface area (Å²) in [5.74, 6) is 0.706. The molecule has 7 nitrogen and oxygen atoms in total. The summed E-state index contributed by atoms with van der Waals surface area (Å²) in [6.07, 6.45) is 1.72. The number of rotatable bonds is 10. The van der Waals surface area contributed by atoms with Crippen LogP contribution in [0, 0.1) is 6.92 Å². The Kier molecular flexibility index (Phi) is 7.93. The molecule has 0 radical (unpaired) electrons. The lowest BCUT2D eigenvalue weighted by Gasteiger charge is -2.21. The zero-order valence-corrected chi connectivity index (χ0v) is 20.2. The molecule has 3 rings (SSSR count). The Hall–Kier alpha value is -3.69. The molecule has 0 aliphatic rings. The lowest BCUT2D eigenvalue weighted by molar-refractivity contribution is -0.135. The van der Waals surface area contributed by atoms with Crippen molar-refractivity contribution >= 4 is 16.6 Å². The highest BCUT2D eigenvalue weighted by Gasteiger charge is 2.29. The van der Waals surface area contributed by atoms with Gasteiger partial charge in [-0.05, 0) is 44.2 Å². The number of alkyl halides is 3. The van der Waals surface area contributed by atoms with Crippen LogP contribution in [0.3, 0.4) is 0 Å². The van der Waals surface area contributed by atoms with Crippen molar-refractivity contribution in [3.63, 3.8) is 0 Å². The molecule has 0 saturated heterocycles. The van der Waals surface area contributed by atoms with E-state index in [2.05, 4.69) is 11.6 Å². The second-order valence-corrected chi connectivity index (χ2v) is 7.97. The number of methoxy groups -OCH3 is 2. The van der Waals surface area contributed by atoms with Gasteiger partial charge in [0, 0.05) is 29.4 Å². The molecule has 0 bridgehead atoms. The molecule has 0 aromatic carbocycles. The zero-order valence-electron chi connectivity index (χ0n) is 20.2. The maximum absolute atomic E-state index is 13.0. The fourth-order valence-electron chi connectivity index (χ4n) is 3.84. The van der Waals surface area contributed by atoms with Crippen molar-refractivity contribution in [2.45, 2.75) is 39.3 Å². The van der Waals surface area contributed by atoms with E-state index in [0.29, 0.717) is 51.6 Å². The van der Waals surface area contributed by atoms with E-state index in [0.717, 1.165) is 23.9 Å². The molecule has 0 unspecified atom stereocenters. The molecule has 0 fully saturated rings. The van der Waals surface area contributed by atoms with Crippen LogP contribution in [-0.4, -0.2) is 51.5 Å². The number of pyridine rings is 2. The van der Waals surface area contributed by atoms with Gasteiger partial charge < -0.3 is 19.5 Å². The van der Waals surface area contributed by atoms with Gasteiger partial charge in [0.1, 0.15) is 6.54 Å². The molecule has 0 spiro atoms. The Morgan fingerprint density at radius 3 is 2.60 bits per heavy atom. The number of aryl methyl sites for hydroxylation is 1. The monoisotopic (exact) mass is 490 g/mol. The number of allylic oxidation sites excluding steroid dienone is 1. The van der Waals surface area contributed by atoms with Gasteiger partial charge in [-0.15, -0.1) is 0 Å². The van der Waals surface area contributed by atoms with E-state index in [1.54, 1.807) is 35.9 Å². The minimum absolute atomic E-state index is 0.0830. The molecule has 188 valence electrons. The lowest BCUT2D eigenvalue weighted by atomic mass is 10.1. The summed E-state index contributed by atoms with van der Waals surface area (Å²) in [6.45, 7) is 6.08. The van der Waals surface area contributed by atoms with Crippen molar-refractivity contribution in [2.75, 3.05) is 20.8 Å². The SMILES string of the molecule is C=CN(C=C(CCCC)n1c(O)c2ccc(-c3cnc(OC)c(OC)c3)nc2c1C)CC(F)(F)F. The number of halogens is 3. The van der Waals surface area contributed by atoms with Gasteiger partial charge in [-0.2, -0.15) is 13.2 Å². The molecule has 0 aliphatic carbocycles. The molecule has 3 aromatic rings. The molecule has 3 heterocycles. The van der Waals surface area contributed by atoms with Gasteiger partial charge in [-0.25, -0.2) is 9.97 Å². The minimum Gasteiger partial charge on any atom is -0.494 e. The summed E-state index contributed by atoms with van der Waals surface area (Å²) >= 11 is 0. The highest BCUT2D eigenvalue weighted by molar-refractivity contribution is 5.91. The summed E-state index contributed by atoms with van der Waals surface area (Å²) in [7, 11) is 3.01. The van der Waals surface area contributed by atoms with Crippen LogP contribution in [0.2, 0.25) is 0 Å². The normalized spacial score (nSPS) is 12.1. The van der Waals surface area contributed by atoms with E-state index in [9.17, 15) is 18.3 Å². The number of hydrogen-bond donors (Lipinski definition) is 1. The summed E-state index contributed by atoms with van der Waals surface area (Å²) in [5.41, 5.74) is 2.92. The Morgan fingerprint density at radius 1 is 1.26 bits per heavy atom. The molecule has 0 saturated carbocycles. The highest BCUT2D eigenvalue weighted by Crippen LogP contribution is 2.37. The smallest absolute Gasteiger partial charge is 0.406 e. The third-order valence-corrected chi connectivity index (χ3v) is 5.54. The van der Waals surface area contributed by atoms with Crippen LogP contribution in [-0.2, 0) is 0 Å². The second kappa shape index (κ2) is 10.7. The van der Waals surface area contributed by atoms with Gasteiger partial charge in [0.15, 0.2) is 5.75 Å². The van der Waals surface area contributed by atoms with E-state index in [4.69, 9.17) is 14.5 Å². The van der Waals surface area contributed by atoms with E-state index in [1.807, 2.05) is 6.92 Å². The molecule has 1 N–H and O–H groups in total. The first-order valence-corrected chi connectivity index (χ1v) is 11.1. The summed E-state index contributed by atoms with van der Waals surface area (Å²) < 4.78 is 51.1. The topological polar surface area (TPSA) is 72.6 Å². The number of hydrogen-bond acceptors (Lipinski definition) is 6. The maximum Gasteiger partial charge on any atom is 0.406 e. The highest BCUT2D eigenvalue weighted by atomic mass is 19.4. The van der Waals surface area contributed by atoms with Crippen molar-refractivity contribution in [2.24, 2.45) is 0 Å². The predicted octanol–water partition coefficient (Wildman–Crippen LogP) is 6.13. The maximum atomic E-state index is 13.0. The number of nitrogens with zero attached hydrogens (tertiary/aromatic N) is 4. The standard InChI is InChI=1S/C25H29F3N4O3/c1-6-8-9-18(14-31(7-2)15-25(26,27)28)32-16(3)22-19(24(32)33)10-11-20(30-22)17-12-21(34-4)23(35-5)29-13-17/h7,10-14,33H,2,6,8-9,15H2,1,3-5H3. The first kappa shape index (κ1) is 25.9. The first-order chi connectivity index (χ1) is 16.6. The van der Waals surface area contributed by atoms with E-state index in [1.165, 1.54) is 20.4 Å². The molecule has 0 amide bonds. The zero-order chi connectivity index (χ0) is 25.8. The second-order valence-electron chi connectivity index (χ2n) is 7.97. The average molecular weight is 491 g/mol. The van der Waals surface area contributed by atoms with E-state index >= 15 is 0 Å². The molecule has 35 heavy (non-hydrogen) atoms. The van der Waals surface area contributed by atoms with Crippen LogP contribution in [0.15, 0.2) is 43.4 Å². The number of aromatic nitrogens is 3. The number of ether oxygens (including phenoxy) is 2. The third-order valence-electron chi connectivity index (χ3n) is 5.54. The van der Waals surface area contributed by atoms with Crippen LogP contribution < -0.4 is 9.47 Å². The molecular weight excluding hydrogens is 461 g/mol. The van der Waals surface area contributed by atoms with Crippen LogP contribution in [0.25, 0.3) is 27.9 Å². The number of fused-ring (bicyclic) bond motifs is 1. The fourth-order valence-corrected chi connectivity index (χ4v) is 3.84. The van der Waals surface area contributed by atoms with Crippen LogP contribution in [0.1, 0.15) is 31.9 Å². The van der Waals surface area contributed by atoms with E-state index < -0.39 is 12.7 Å². The number of unbranched alkanes of at least 4 members (excludes halogenated alkanes) is 1. The van der Waals surface area contributed by atoms with Gasteiger partial charge >= 0.3 is 6.18 Å². The van der Waals surface area contributed by atoms with Crippen molar-refractivity contribution in [1.82, 2.24) is 19.4 Å². The molecule has 3 aromatic heterocycles. The van der Waals surface area contributed by atoms with Crippen LogP contribution in [0.5, 0.6) is 17.5 Å². The largest absolute Gasteiger partial charge is 0.494 e. The molecule has 0 aliphatic heterocycles. The Balaban J connectivity index is 2.12. The Morgan fingerprint density at radius 2 is 2.00 bits per heavy atom. The summed E-state index contributed by atoms with van der Waals surface area (Å²) in [4.78, 5) is 9.94. The quantitative estimate of drug-likeness (QED) is 0.369. The van der Waals surface area contributed by atoms with Gasteiger partial charge in [0.2, 0.25) is 5.88 Å². The van der Waals surface area contributed by atoms with Gasteiger partial charge in [0.05, 0.1) is 30.8 Å². The average Bonchev–Trinajstić information content (AvgIpc) is 3.09. The number of aromatic hydroxyl groups is 1. The van der Waals surface area contributed by atoms with Gasteiger partial charge in [0.25, 0.3) is 5.88 Å². The van der Waals surface area contributed by atoms with Crippen molar-refractivity contribution in [3.05, 3.63) is 49.1 Å². The molecule has 0 atom stereocenters. The molecular formula is C25H29F3N4O3. The third kappa shape index (κ3) is 5.70. The summed E-state index contributed by atoms with van der Waals surface area (Å²) in [5, 5.41) is 11.5. The van der Waals surface area contributed by atoms with Crippen molar-refractivity contribution in [1.29, 1.82) is 0 Å². The Labute approximate surface area is 202 Å². The Bertz CT molecular complexity index is 1230. The van der Waals surface area contributed by atoms with Crippen LogP contribution in [0.4, 0.5) is 13.2 Å². The van der Waals surface area contributed by atoms with E-state index in [-0.39, 0.29) is 5.88 Å². The molecule has 10 heteroatoms. The first-order valence-electron chi connectivity index (χ1n) is 11.1. The predicted molar refractivity (Wildman–Crippen MR) is 129 cm³/mol. The van der Waals surface area contributed by atoms with Gasteiger partial charge in [-0.1, -0.05) is 19.9 Å².